The molecule has 0 heterocycles. The zero-order valence-electron chi connectivity index (χ0n) is 12.9. The van der Waals surface area contributed by atoms with Crippen molar-refractivity contribution in [3.8, 4) is 5.75 Å². The Bertz CT molecular complexity index is 492. The lowest BCUT2D eigenvalue weighted by atomic mass is 10.1. The molecule has 0 bridgehead atoms. The maximum atomic E-state index is 11.5. The summed E-state index contributed by atoms with van der Waals surface area (Å²) in [5, 5.41) is 5.36. The van der Waals surface area contributed by atoms with E-state index in [9.17, 15) is 9.59 Å². The van der Waals surface area contributed by atoms with Crippen LogP contribution in [0.2, 0.25) is 0 Å². The monoisotopic (exact) mass is 293 g/mol. The number of urea groups is 1. The van der Waals surface area contributed by atoms with Crippen LogP contribution in [0.1, 0.15) is 33.3 Å². The van der Waals surface area contributed by atoms with Crippen molar-refractivity contribution >= 4 is 11.9 Å². The Morgan fingerprint density at radius 1 is 1.24 bits per heavy atom. The van der Waals surface area contributed by atoms with E-state index in [2.05, 4.69) is 26.1 Å². The molecule has 0 aliphatic heterocycles. The van der Waals surface area contributed by atoms with Crippen LogP contribution < -0.4 is 21.1 Å². The van der Waals surface area contributed by atoms with Gasteiger partial charge < -0.3 is 15.8 Å². The number of ether oxygens (including phenoxy) is 1. The largest absolute Gasteiger partial charge is 0.481 e. The van der Waals surface area contributed by atoms with Gasteiger partial charge in [0.15, 0.2) is 6.10 Å². The van der Waals surface area contributed by atoms with Gasteiger partial charge in [-0.15, -0.1) is 0 Å². The topological polar surface area (TPSA) is 93.4 Å². The van der Waals surface area contributed by atoms with Crippen molar-refractivity contribution in [3.63, 3.8) is 0 Å². The molecule has 0 spiro atoms. The third-order valence-electron chi connectivity index (χ3n) is 2.67. The van der Waals surface area contributed by atoms with E-state index >= 15 is 0 Å². The summed E-state index contributed by atoms with van der Waals surface area (Å²) in [4.78, 5) is 22.1. The Labute approximate surface area is 125 Å². The van der Waals surface area contributed by atoms with Gasteiger partial charge >= 0.3 is 6.03 Å². The van der Waals surface area contributed by atoms with E-state index < -0.39 is 18.0 Å². The van der Waals surface area contributed by atoms with Crippen LogP contribution in [0.3, 0.4) is 0 Å². The van der Waals surface area contributed by atoms with Gasteiger partial charge in [-0.05, 0) is 45.4 Å². The third-order valence-corrected chi connectivity index (χ3v) is 2.67. The van der Waals surface area contributed by atoms with Crippen molar-refractivity contribution in [1.82, 2.24) is 10.6 Å². The molecule has 3 amide bonds. The fourth-order valence-electron chi connectivity index (χ4n) is 1.53. The maximum absolute atomic E-state index is 11.5. The number of amides is 3. The van der Waals surface area contributed by atoms with E-state index in [-0.39, 0.29) is 5.54 Å². The number of carbonyl (C=O) groups excluding carboxylic acids is 2. The van der Waals surface area contributed by atoms with Crippen LogP contribution in [0.25, 0.3) is 0 Å². The average Bonchev–Trinajstić information content (AvgIpc) is 2.36. The maximum Gasteiger partial charge on any atom is 0.318 e. The highest BCUT2D eigenvalue weighted by Crippen LogP contribution is 2.14. The third kappa shape index (κ3) is 6.76. The molecule has 1 atom stereocenters. The summed E-state index contributed by atoms with van der Waals surface area (Å²) in [6.07, 6.45) is -0.795. The van der Waals surface area contributed by atoms with Crippen molar-refractivity contribution in [2.24, 2.45) is 5.73 Å². The second-order valence-corrected chi connectivity index (χ2v) is 5.86. The normalized spacial score (nSPS) is 12.6. The average molecular weight is 293 g/mol. The summed E-state index contributed by atoms with van der Waals surface area (Å²) in [7, 11) is 0. The van der Waals surface area contributed by atoms with Gasteiger partial charge in [-0.25, -0.2) is 4.79 Å². The molecule has 1 unspecified atom stereocenters. The molecule has 6 nitrogen and oxygen atoms in total. The lowest BCUT2D eigenvalue weighted by Crippen LogP contribution is -2.42. The number of hydrogen-bond acceptors (Lipinski definition) is 4. The summed E-state index contributed by atoms with van der Waals surface area (Å²) in [5.41, 5.74) is 6.05. The van der Waals surface area contributed by atoms with E-state index in [1.807, 2.05) is 17.4 Å². The first kappa shape index (κ1) is 17.0. The van der Waals surface area contributed by atoms with E-state index in [1.54, 1.807) is 19.1 Å². The van der Waals surface area contributed by atoms with Crippen LogP contribution in [0, 0.1) is 0 Å². The van der Waals surface area contributed by atoms with Gasteiger partial charge in [-0.2, -0.15) is 0 Å². The van der Waals surface area contributed by atoms with Gasteiger partial charge in [0.2, 0.25) is 0 Å². The molecular weight excluding hydrogens is 270 g/mol. The Kier molecular flexibility index (Phi) is 5.72. The highest BCUT2D eigenvalue weighted by Gasteiger charge is 2.16. The van der Waals surface area contributed by atoms with E-state index in [1.165, 1.54) is 0 Å². The summed E-state index contributed by atoms with van der Waals surface area (Å²) >= 11 is 0. The second kappa shape index (κ2) is 7.08. The predicted octanol–water partition coefficient (Wildman–Crippen LogP) is 1.54. The Hall–Kier alpha value is -2.08. The van der Waals surface area contributed by atoms with E-state index in [0.29, 0.717) is 5.75 Å². The number of primary amides is 1. The van der Waals surface area contributed by atoms with Crippen molar-refractivity contribution in [2.45, 2.75) is 45.9 Å². The lowest BCUT2D eigenvalue weighted by Gasteiger charge is -2.20. The van der Waals surface area contributed by atoms with Crippen LogP contribution in [-0.4, -0.2) is 23.6 Å². The number of nitrogens with one attached hydrogen (secondary N) is 2. The fourth-order valence-corrected chi connectivity index (χ4v) is 1.53. The van der Waals surface area contributed by atoms with Crippen LogP contribution in [0.5, 0.6) is 5.75 Å². The molecule has 0 aliphatic carbocycles. The number of nitrogens with two attached hydrogens (primary N) is 1. The minimum Gasteiger partial charge on any atom is -0.481 e. The second-order valence-electron chi connectivity index (χ2n) is 5.86. The number of hydrogen-bond donors (Lipinski definition) is 3. The van der Waals surface area contributed by atoms with E-state index in [0.717, 1.165) is 12.1 Å². The molecule has 1 rings (SSSR count). The van der Waals surface area contributed by atoms with Gasteiger partial charge in [0.25, 0.3) is 5.91 Å². The molecule has 4 N–H and O–H groups in total. The minimum absolute atomic E-state index is 0.0521. The highest BCUT2D eigenvalue weighted by atomic mass is 16.5. The minimum atomic E-state index is -0.890. The number of carbonyl (C=O) groups is 2. The SMILES string of the molecule is CC(Oc1ccc(CNC(C)(C)C)cc1)C(=O)NC(N)=O. The van der Waals surface area contributed by atoms with Crippen molar-refractivity contribution in [1.29, 1.82) is 0 Å². The number of rotatable bonds is 5. The van der Waals surface area contributed by atoms with Crippen molar-refractivity contribution in [3.05, 3.63) is 29.8 Å². The molecule has 0 radical (unpaired) electrons. The standard InChI is InChI=1S/C15H23N3O3/c1-10(13(19)18-14(16)20)21-12-7-5-11(6-8-12)9-17-15(2,3)4/h5-8,10,17H,9H2,1-4H3,(H3,16,18,19,20). The zero-order valence-corrected chi connectivity index (χ0v) is 12.9. The molecule has 0 fully saturated rings. The smallest absolute Gasteiger partial charge is 0.318 e. The molecule has 6 heteroatoms. The summed E-state index contributed by atoms with van der Waals surface area (Å²) in [6, 6.07) is 6.53. The Morgan fingerprint density at radius 2 is 1.81 bits per heavy atom. The van der Waals surface area contributed by atoms with Gasteiger partial charge in [0, 0.05) is 12.1 Å². The lowest BCUT2D eigenvalue weighted by molar-refractivity contribution is -0.126. The fraction of sp³-hybridized carbons (Fsp3) is 0.467. The first-order valence-electron chi connectivity index (χ1n) is 6.78. The number of imide groups is 1. The van der Waals surface area contributed by atoms with Crippen molar-refractivity contribution in [2.75, 3.05) is 0 Å². The molecule has 116 valence electrons. The highest BCUT2D eigenvalue weighted by molar-refractivity contribution is 5.95. The summed E-state index contributed by atoms with van der Waals surface area (Å²) in [6.45, 7) is 8.60. The predicted molar refractivity (Wildman–Crippen MR) is 80.9 cm³/mol. The van der Waals surface area contributed by atoms with E-state index in [4.69, 9.17) is 10.5 Å². The Balaban J connectivity index is 2.54. The molecule has 21 heavy (non-hydrogen) atoms. The zero-order chi connectivity index (χ0) is 16.0. The molecule has 0 saturated carbocycles. The van der Waals surface area contributed by atoms with Gasteiger partial charge in [0.05, 0.1) is 0 Å². The summed E-state index contributed by atoms with van der Waals surface area (Å²) in [5.74, 6) is -0.0115. The molecule has 1 aromatic rings. The first-order chi connectivity index (χ1) is 9.67. The van der Waals surface area contributed by atoms with Crippen molar-refractivity contribution < 1.29 is 14.3 Å². The molecule has 0 aliphatic rings. The van der Waals surface area contributed by atoms with Crippen LogP contribution in [0.4, 0.5) is 4.79 Å². The molecule has 1 aromatic carbocycles. The van der Waals surface area contributed by atoms with Gasteiger partial charge in [-0.1, -0.05) is 12.1 Å². The van der Waals surface area contributed by atoms with Gasteiger partial charge in [-0.3, -0.25) is 10.1 Å². The van der Waals surface area contributed by atoms with Crippen LogP contribution in [0.15, 0.2) is 24.3 Å². The first-order valence-corrected chi connectivity index (χ1v) is 6.78. The van der Waals surface area contributed by atoms with Crippen LogP contribution >= 0.6 is 0 Å². The quantitative estimate of drug-likeness (QED) is 0.767. The molecule has 0 aromatic heterocycles. The Morgan fingerprint density at radius 3 is 2.29 bits per heavy atom. The van der Waals surface area contributed by atoms with Gasteiger partial charge in [0.1, 0.15) is 5.75 Å². The molecule has 0 saturated heterocycles. The molecular formula is C15H23N3O3. The summed E-state index contributed by atoms with van der Waals surface area (Å²) < 4.78 is 5.44. The number of benzene rings is 1. The van der Waals surface area contributed by atoms with Crippen LogP contribution in [-0.2, 0) is 11.3 Å².